The first-order chi connectivity index (χ1) is 17.3. The number of hydrogen-bond donors (Lipinski definition) is 0. The Bertz CT molecular complexity index is 1470. The Morgan fingerprint density at radius 3 is 2.58 bits per heavy atom. The average Bonchev–Trinajstić information content (AvgIpc) is 3.49. The Hall–Kier alpha value is -3.95. The normalized spacial score (nSPS) is 18.9. The number of benzene rings is 2. The van der Waals surface area contributed by atoms with Crippen molar-refractivity contribution in [2.45, 2.75) is 44.7 Å². The summed E-state index contributed by atoms with van der Waals surface area (Å²) < 4.78 is 44.9. The maximum Gasteiger partial charge on any atom is 0.256 e. The maximum atomic E-state index is 14.1. The third kappa shape index (κ3) is 3.42. The van der Waals surface area contributed by atoms with Crippen molar-refractivity contribution >= 4 is 5.91 Å². The summed E-state index contributed by atoms with van der Waals surface area (Å²) in [6.07, 6.45) is 5.93. The highest BCUT2D eigenvalue weighted by atomic mass is 19.2. The van der Waals surface area contributed by atoms with Crippen molar-refractivity contribution in [3.8, 4) is 16.9 Å². The standard InChI is InChI=1S/C26H23F3N6O/c1-14-6-7-21(34-13-30-12-31-34)17(8-14)26(36)35-16-4-3-5-22(35)24-18(11-16)25(33(2)32-24)15-9-19(27)23(29)20(28)10-15/h6-10,12-13,16,22H,3-5,11H2,1-2H3/t16-,22+/m0/s1. The molecule has 2 bridgehead atoms. The van der Waals surface area contributed by atoms with E-state index in [1.54, 1.807) is 22.7 Å². The van der Waals surface area contributed by atoms with E-state index in [2.05, 4.69) is 10.1 Å². The van der Waals surface area contributed by atoms with Gasteiger partial charge in [-0.3, -0.25) is 9.48 Å². The quantitative estimate of drug-likeness (QED) is 0.390. The van der Waals surface area contributed by atoms with Crippen molar-refractivity contribution in [3.63, 3.8) is 0 Å². The van der Waals surface area contributed by atoms with Gasteiger partial charge in [-0.1, -0.05) is 11.6 Å². The molecule has 10 heteroatoms. The summed E-state index contributed by atoms with van der Waals surface area (Å²) in [5.74, 6) is -4.10. The van der Waals surface area contributed by atoms with Gasteiger partial charge in [-0.05, 0) is 56.9 Å². The summed E-state index contributed by atoms with van der Waals surface area (Å²) in [5.41, 5.74) is 4.47. The number of halogens is 3. The molecule has 2 aliphatic rings. The minimum Gasteiger partial charge on any atom is -0.327 e. The number of amides is 1. The van der Waals surface area contributed by atoms with Crippen LogP contribution in [0.25, 0.3) is 16.9 Å². The first-order valence-corrected chi connectivity index (χ1v) is 11.8. The van der Waals surface area contributed by atoms with Crippen LogP contribution in [0, 0.1) is 24.4 Å². The van der Waals surface area contributed by atoms with Crippen LogP contribution in [-0.2, 0) is 13.5 Å². The molecule has 184 valence electrons. The van der Waals surface area contributed by atoms with E-state index in [1.165, 1.54) is 6.33 Å². The lowest BCUT2D eigenvalue weighted by molar-refractivity contribution is 0.0391. The molecule has 4 aromatic rings. The van der Waals surface area contributed by atoms with E-state index >= 15 is 0 Å². The highest BCUT2D eigenvalue weighted by molar-refractivity contribution is 5.98. The fourth-order valence-electron chi connectivity index (χ4n) is 5.69. The molecule has 0 saturated carbocycles. The van der Waals surface area contributed by atoms with E-state index in [0.29, 0.717) is 23.4 Å². The van der Waals surface area contributed by atoms with Crippen LogP contribution >= 0.6 is 0 Å². The number of carbonyl (C=O) groups excluding carboxylic acids is 1. The van der Waals surface area contributed by atoms with Gasteiger partial charge in [0.1, 0.15) is 12.7 Å². The largest absolute Gasteiger partial charge is 0.327 e. The fourth-order valence-corrected chi connectivity index (χ4v) is 5.69. The lowest BCUT2D eigenvalue weighted by Gasteiger charge is -2.45. The average molecular weight is 493 g/mol. The van der Waals surface area contributed by atoms with E-state index in [-0.39, 0.29) is 23.6 Å². The minimum absolute atomic E-state index is 0.106. The summed E-state index contributed by atoms with van der Waals surface area (Å²) in [6, 6.07) is 7.26. The lowest BCUT2D eigenvalue weighted by Crippen LogP contribution is -2.50. The molecule has 2 aromatic carbocycles. The maximum absolute atomic E-state index is 14.1. The summed E-state index contributed by atoms with van der Waals surface area (Å²) in [6.45, 7) is 1.93. The fraction of sp³-hybridized carbons (Fsp3) is 0.308. The van der Waals surface area contributed by atoms with Crippen molar-refractivity contribution < 1.29 is 18.0 Å². The Balaban J connectivity index is 1.45. The van der Waals surface area contributed by atoms with Crippen LogP contribution in [0.2, 0.25) is 0 Å². The van der Waals surface area contributed by atoms with Gasteiger partial charge < -0.3 is 4.90 Å². The third-order valence-electron chi connectivity index (χ3n) is 7.22. The van der Waals surface area contributed by atoms with Crippen LogP contribution in [0.3, 0.4) is 0 Å². The Morgan fingerprint density at radius 1 is 1.08 bits per heavy atom. The Labute approximate surface area is 205 Å². The van der Waals surface area contributed by atoms with Gasteiger partial charge in [0, 0.05) is 24.2 Å². The predicted octanol–water partition coefficient (Wildman–Crippen LogP) is 4.69. The predicted molar refractivity (Wildman–Crippen MR) is 125 cm³/mol. The molecule has 6 rings (SSSR count). The molecule has 0 N–H and O–H groups in total. The second-order valence-electron chi connectivity index (χ2n) is 9.47. The van der Waals surface area contributed by atoms with Gasteiger partial charge in [-0.15, -0.1) is 0 Å². The zero-order chi connectivity index (χ0) is 25.1. The van der Waals surface area contributed by atoms with Crippen molar-refractivity contribution in [3.05, 3.63) is 82.8 Å². The Kier molecular flexibility index (Phi) is 5.20. The molecule has 1 fully saturated rings. The molecular formula is C26H23F3N6O. The van der Waals surface area contributed by atoms with E-state index < -0.39 is 17.5 Å². The van der Waals surface area contributed by atoms with Gasteiger partial charge >= 0.3 is 0 Å². The highest BCUT2D eigenvalue weighted by Crippen LogP contribution is 2.45. The van der Waals surface area contributed by atoms with Gasteiger partial charge in [0.25, 0.3) is 5.91 Å². The first kappa shape index (κ1) is 22.5. The Morgan fingerprint density at radius 2 is 1.86 bits per heavy atom. The SMILES string of the molecule is Cc1ccc(-n2cncn2)c(C(=O)N2[C@H]3CCC[C@@H]2c2nn(C)c(-c4cc(F)c(F)c(F)c4)c2C3)c1. The van der Waals surface area contributed by atoms with Gasteiger partial charge in [0.2, 0.25) is 0 Å². The second kappa shape index (κ2) is 8.32. The molecule has 4 heterocycles. The van der Waals surface area contributed by atoms with Crippen LogP contribution in [0.5, 0.6) is 0 Å². The number of carbonyl (C=O) groups is 1. The molecule has 2 atom stereocenters. The zero-order valence-corrected chi connectivity index (χ0v) is 19.8. The molecule has 0 radical (unpaired) electrons. The smallest absolute Gasteiger partial charge is 0.256 e. The van der Waals surface area contributed by atoms with Crippen LogP contribution in [0.4, 0.5) is 13.2 Å². The van der Waals surface area contributed by atoms with Crippen LogP contribution in [0.1, 0.15) is 52.5 Å². The monoisotopic (exact) mass is 492 g/mol. The highest BCUT2D eigenvalue weighted by Gasteiger charge is 2.44. The minimum atomic E-state index is -1.50. The summed E-state index contributed by atoms with van der Waals surface area (Å²) in [4.78, 5) is 20.0. The van der Waals surface area contributed by atoms with Gasteiger partial charge in [-0.25, -0.2) is 22.8 Å². The number of piperidine rings is 1. The van der Waals surface area contributed by atoms with E-state index in [9.17, 15) is 18.0 Å². The number of nitrogens with zero attached hydrogens (tertiary/aromatic N) is 6. The molecule has 1 saturated heterocycles. The number of hydrogen-bond acceptors (Lipinski definition) is 4. The second-order valence-corrected chi connectivity index (χ2v) is 9.47. The molecule has 2 aromatic heterocycles. The summed E-state index contributed by atoms with van der Waals surface area (Å²) in [5, 5.41) is 8.92. The molecule has 7 nitrogen and oxygen atoms in total. The first-order valence-electron chi connectivity index (χ1n) is 11.8. The van der Waals surface area contributed by atoms with E-state index in [1.807, 2.05) is 30.0 Å². The molecule has 2 aliphatic heterocycles. The van der Waals surface area contributed by atoms with Crippen molar-refractivity contribution in [2.24, 2.45) is 7.05 Å². The van der Waals surface area contributed by atoms with Crippen molar-refractivity contribution in [1.29, 1.82) is 0 Å². The molecule has 36 heavy (non-hydrogen) atoms. The molecule has 0 spiro atoms. The van der Waals surface area contributed by atoms with Crippen molar-refractivity contribution in [2.75, 3.05) is 0 Å². The molecule has 0 unspecified atom stereocenters. The third-order valence-corrected chi connectivity index (χ3v) is 7.22. The number of aryl methyl sites for hydroxylation is 2. The van der Waals surface area contributed by atoms with Crippen LogP contribution < -0.4 is 0 Å². The zero-order valence-electron chi connectivity index (χ0n) is 19.8. The number of rotatable bonds is 3. The van der Waals surface area contributed by atoms with Gasteiger partial charge in [-0.2, -0.15) is 10.2 Å². The molecule has 0 aliphatic carbocycles. The van der Waals surface area contributed by atoms with Crippen LogP contribution in [-0.4, -0.2) is 41.4 Å². The number of fused-ring (bicyclic) bond motifs is 4. The topological polar surface area (TPSA) is 68.8 Å². The van der Waals surface area contributed by atoms with Gasteiger partial charge in [0.15, 0.2) is 17.5 Å². The van der Waals surface area contributed by atoms with E-state index in [0.717, 1.165) is 48.2 Å². The number of aromatic nitrogens is 5. The summed E-state index contributed by atoms with van der Waals surface area (Å²) in [7, 11) is 1.70. The van der Waals surface area contributed by atoms with E-state index in [4.69, 9.17) is 5.10 Å². The lowest BCUT2D eigenvalue weighted by atomic mass is 9.81. The summed E-state index contributed by atoms with van der Waals surface area (Å²) >= 11 is 0. The van der Waals surface area contributed by atoms with Gasteiger partial charge in [0.05, 0.1) is 28.7 Å². The van der Waals surface area contributed by atoms with Crippen molar-refractivity contribution in [1.82, 2.24) is 29.4 Å². The van der Waals surface area contributed by atoms with Crippen LogP contribution in [0.15, 0.2) is 43.0 Å². The molecule has 1 amide bonds. The molecular weight excluding hydrogens is 469 g/mol.